The summed E-state index contributed by atoms with van der Waals surface area (Å²) in [5, 5.41) is 11.1. The van der Waals surface area contributed by atoms with Crippen LogP contribution in [0.25, 0.3) is 0 Å². The Morgan fingerprint density at radius 3 is 2.75 bits per heavy atom. The summed E-state index contributed by atoms with van der Waals surface area (Å²) in [5.74, 6) is 0.385. The van der Waals surface area contributed by atoms with Crippen molar-refractivity contribution in [2.24, 2.45) is 5.92 Å². The lowest BCUT2D eigenvalue weighted by atomic mass is 9.81. The molecule has 2 rings (SSSR count). The van der Waals surface area contributed by atoms with Crippen LogP contribution in [0.5, 0.6) is 0 Å². The molecular formula is C18H24BrF2N3. The molecule has 0 amide bonds. The molecule has 24 heavy (non-hydrogen) atoms. The van der Waals surface area contributed by atoms with Crippen LogP contribution in [0.3, 0.4) is 0 Å². The van der Waals surface area contributed by atoms with Gasteiger partial charge in [-0.25, -0.2) is 13.8 Å². The molecule has 0 bridgehead atoms. The zero-order valence-electron chi connectivity index (χ0n) is 13.6. The number of nitrogens with one attached hydrogen (secondary N) is 2. The zero-order chi connectivity index (χ0) is 17.4. The highest BCUT2D eigenvalue weighted by Gasteiger charge is 2.23. The number of unbranched alkanes of at least 4 members (excludes halogenated alkanes) is 1. The van der Waals surface area contributed by atoms with Crippen LogP contribution in [-0.4, -0.2) is 23.7 Å². The average molecular weight is 400 g/mol. The number of nitrogens with zero attached hydrogens (tertiary/aromatic N) is 1. The van der Waals surface area contributed by atoms with Gasteiger partial charge in [-0.1, -0.05) is 6.08 Å². The van der Waals surface area contributed by atoms with E-state index in [0.29, 0.717) is 24.8 Å². The Bertz CT molecular complexity index is 555. The Morgan fingerprint density at radius 2 is 2.12 bits per heavy atom. The first-order valence-corrected chi connectivity index (χ1v) is 9.24. The van der Waals surface area contributed by atoms with Crippen LogP contribution >= 0.6 is 15.9 Å². The lowest BCUT2D eigenvalue weighted by Gasteiger charge is -2.30. The van der Waals surface area contributed by atoms with E-state index < -0.39 is 6.43 Å². The molecule has 0 aromatic carbocycles. The second kappa shape index (κ2) is 9.87. The first-order chi connectivity index (χ1) is 11.6. The third-order valence-corrected chi connectivity index (χ3v) is 4.90. The second-order valence-corrected chi connectivity index (χ2v) is 7.04. The number of anilines is 1. The first kappa shape index (κ1) is 19.0. The normalized spacial score (nSPS) is 21.8. The maximum Gasteiger partial charge on any atom is 0.238 e. The first-order valence-electron chi connectivity index (χ1n) is 8.45. The van der Waals surface area contributed by atoms with Crippen molar-refractivity contribution in [1.29, 1.82) is 5.41 Å². The van der Waals surface area contributed by atoms with Gasteiger partial charge >= 0.3 is 0 Å². The van der Waals surface area contributed by atoms with Gasteiger partial charge in [0.15, 0.2) is 0 Å². The summed E-state index contributed by atoms with van der Waals surface area (Å²) in [6.45, 7) is 0. The number of halogens is 3. The molecule has 1 heterocycles. The molecule has 1 fully saturated rings. The average Bonchev–Trinajstić information content (AvgIpc) is 2.56. The molecule has 0 unspecified atom stereocenters. The van der Waals surface area contributed by atoms with E-state index >= 15 is 0 Å². The molecule has 1 aliphatic carbocycles. The SMILES string of the molecule is N=C/C(=C\CCCC(F)F)C1CCC(Nc2ccnc(Br)c2)CC1. The fourth-order valence-corrected chi connectivity index (χ4v) is 3.55. The molecular weight excluding hydrogens is 376 g/mol. The summed E-state index contributed by atoms with van der Waals surface area (Å²) < 4.78 is 25.1. The molecule has 1 aromatic heterocycles. The van der Waals surface area contributed by atoms with E-state index in [9.17, 15) is 8.78 Å². The van der Waals surface area contributed by atoms with Crippen molar-refractivity contribution in [2.45, 2.75) is 57.4 Å². The fourth-order valence-electron chi connectivity index (χ4n) is 3.18. The molecule has 2 N–H and O–H groups in total. The fraction of sp³-hybridized carbons (Fsp3) is 0.556. The van der Waals surface area contributed by atoms with E-state index in [1.165, 1.54) is 6.21 Å². The van der Waals surface area contributed by atoms with Gasteiger partial charge in [-0.15, -0.1) is 0 Å². The number of allylic oxidation sites excluding steroid dienone is 2. The molecule has 1 saturated carbocycles. The highest BCUT2D eigenvalue weighted by atomic mass is 79.9. The Hall–Kier alpha value is -1.30. The second-order valence-electron chi connectivity index (χ2n) is 6.23. The zero-order valence-corrected chi connectivity index (χ0v) is 15.2. The Kier molecular flexibility index (Phi) is 7.82. The smallest absolute Gasteiger partial charge is 0.238 e. The molecule has 1 aliphatic rings. The minimum absolute atomic E-state index is 0.0556. The minimum atomic E-state index is -2.23. The van der Waals surface area contributed by atoms with Crippen molar-refractivity contribution in [2.75, 3.05) is 5.32 Å². The van der Waals surface area contributed by atoms with E-state index in [4.69, 9.17) is 5.41 Å². The van der Waals surface area contributed by atoms with Crippen molar-refractivity contribution in [3.63, 3.8) is 0 Å². The van der Waals surface area contributed by atoms with Gasteiger partial charge in [-0.05, 0) is 78.1 Å². The van der Waals surface area contributed by atoms with Gasteiger partial charge in [0.05, 0.1) is 0 Å². The van der Waals surface area contributed by atoms with Crippen molar-refractivity contribution < 1.29 is 8.78 Å². The van der Waals surface area contributed by atoms with Crippen LogP contribution in [0.1, 0.15) is 44.9 Å². The van der Waals surface area contributed by atoms with Crippen LogP contribution < -0.4 is 5.32 Å². The maximum atomic E-state index is 12.2. The predicted octanol–water partition coefficient (Wildman–Crippen LogP) is 5.83. The Balaban J connectivity index is 1.80. The number of pyridine rings is 1. The van der Waals surface area contributed by atoms with E-state index in [-0.39, 0.29) is 6.42 Å². The van der Waals surface area contributed by atoms with Crippen molar-refractivity contribution in [3.05, 3.63) is 34.6 Å². The number of aromatic nitrogens is 1. The summed E-state index contributed by atoms with van der Waals surface area (Å²) in [7, 11) is 0. The van der Waals surface area contributed by atoms with Gasteiger partial charge in [0.2, 0.25) is 6.43 Å². The van der Waals surface area contributed by atoms with E-state index in [2.05, 4.69) is 26.2 Å². The standard InChI is InChI=1S/C18H24BrF2N3/c19-17-11-16(9-10-23-17)24-15-7-5-13(6-8-15)14(12-22)3-1-2-4-18(20)21/h3,9-13,15,18,22H,1-2,4-8H2,(H,23,24)/b14-3+,22-12?. The quantitative estimate of drug-likeness (QED) is 0.328. The third-order valence-electron chi connectivity index (χ3n) is 4.47. The number of alkyl halides is 2. The largest absolute Gasteiger partial charge is 0.382 e. The Morgan fingerprint density at radius 1 is 1.38 bits per heavy atom. The van der Waals surface area contributed by atoms with Gasteiger partial charge in [-0.2, -0.15) is 0 Å². The summed E-state index contributed by atoms with van der Waals surface area (Å²) in [4.78, 5) is 4.12. The number of hydrogen-bond acceptors (Lipinski definition) is 3. The van der Waals surface area contributed by atoms with Crippen LogP contribution in [0.15, 0.2) is 34.6 Å². The molecule has 3 nitrogen and oxygen atoms in total. The van der Waals surface area contributed by atoms with Crippen LogP contribution in [0.2, 0.25) is 0 Å². The van der Waals surface area contributed by atoms with E-state index in [1.54, 1.807) is 6.20 Å². The summed E-state index contributed by atoms with van der Waals surface area (Å²) in [6, 6.07) is 4.36. The minimum Gasteiger partial charge on any atom is -0.382 e. The topological polar surface area (TPSA) is 48.8 Å². The van der Waals surface area contributed by atoms with Crippen molar-refractivity contribution >= 4 is 27.8 Å². The third kappa shape index (κ3) is 6.30. The van der Waals surface area contributed by atoms with Crippen molar-refractivity contribution in [3.8, 4) is 0 Å². The molecule has 0 aliphatic heterocycles. The van der Waals surface area contributed by atoms with Crippen LogP contribution in [0, 0.1) is 11.3 Å². The predicted molar refractivity (Wildman–Crippen MR) is 98.0 cm³/mol. The molecule has 0 spiro atoms. The summed E-state index contributed by atoms with van der Waals surface area (Å²) in [5.41, 5.74) is 2.07. The molecule has 0 saturated heterocycles. The summed E-state index contributed by atoms with van der Waals surface area (Å²) >= 11 is 3.37. The molecule has 0 radical (unpaired) electrons. The van der Waals surface area contributed by atoms with Gasteiger partial charge in [0.25, 0.3) is 0 Å². The van der Waals surface area contributed by atoms with Crippen LogP contribution in [-0.2, 0) is 0 Å². The molecule has 0 atom stereocenters. The molecule has 1 aromatic rings. The number of hydrogen-bond donors (Lipinski definition) is 2. The lowest BCUT2D eigenvalue weighted by Crippen LogP contribution is -2.27. The summed E-state index contributed by atoms with van der Waals surface area (Å²) in [6.07, 6.45) is 8.15. The van der Waals surface area contributed by atoms with Gasteiger partial charge in [0.1, 0.15) is 4.60 Å². The molecule has 132 valence electrons. The monoisotopic (exact) mass is 399 g/mol. The highest BCUT2D eigenvalue weighted by Crippen LogP contribution is 2.31. The molecule has 6 heteroatoms. The van der Waals surface area contributed by atoms with Crippen LogP contribution in [0.4, 0.5) is 14.5 Å². The van der Waals surface area contributed by atoms with E-state index in [1.807, 2.05) is 18.2 Å². The van der Waals surface area contributed by atoms with Gasteiger partial charge in [-0.3, -0.25) is 0 Å². The highest BCUT2D eigenvalue weighted by molar-refractivity contribution is 9.10. The number of rotatable bonds is 8. The van der Waals surface area contributed by atoms with Gasteiger partial charge < -0.3 is 10.7 Å². The van der Waals surface area contributed by atoms with Crippen molar-refractivity contribution in [1.82, 2.24) is 4.98 Å². The van der Waals surface area contributed by atoms with Gasteiger partial charge in [0, 0.05) is 30.6 Å². The van der Waals surface area contributed by atoms with E-state index in [0.717, 1.165) is 41.5 Å². The maximum absolute atomic E-state index is 12.2. The lowest BCUT2D eigenvalue weighted by molar-refractivity contribution is 0.135. The Labute approximate surface area is 150 Å².